The van der Waals surface area contributed by atoms with Crippen molar-refractivity contribution >= 4 is 29.3 Å². The monoisotopic (exact) mass is 389 g/mol. The second-order valence-corrected chi connectivity index (χ2v) is 9.28. The number of amides is 1. The van der Waals surface area contributed by atoms with E-state index in [1.807, 2.05) is 38.1 Å². The van der Waals surface area contributed by atoms with Gasteiger partial charge in [-0.25, -0.2) is 0 Å². The Morgan fingerprint density at radius 2 is 1.65 bits per heavy atom. The van der Waals surface area contributed by atoms with Gasteiger partial charge in [0, 0.05) is 9.92 Å². The van der Waals surface area contributed by atoms with Gasteiger partial charge >= 0.3 is 0 Å². The molecule has 2 rings (SSSR count). The van der Waals surface area contributed by atoms with E-state index in [2.05, 4.69) is 50.4 Å². The molecule has 0 radical (unpaired) electrons. The lowest BCUT2D eigenvalue weighted by Crippen LogP contribution is -2.34. The van der Waals surface area contributed by atoms with Gasteiger partial charge in [0.1, 0.15) is 0 Å². The van der Waals surface area contributed by atoms with E-state index < -0.39 is 0 Å². The first kappa shape index (κ1) is 20.9. The zero-order valence-corrected chi connectivity index (χ0v) is 17.7. The minimum absolute atomic E-state index is 0.0172. The molecule has 0 aliphatic heterocycles. The van der Waals surface area contributed by atoms with Gasteiger partial charge in [-0.15, -0.1) is 11.8 Å². The SMILES string of the molecule is CC[C@H](Sc1ccc(Cl)cc1)C(=O)N[C@H](C)c1ccc(C(C)(C)C)cc1. The molecular weight excluding hydrogens is 362 g/mol. The van der Waals surface area contributed by atoms with Gasteiger partial charge < -0.3 is 5.32 Å². The maximum absolute atomic E-state index is 12.7. The fourth-order valence-corrected chi connectivity index (χ4v) is 3.75. The summed E-state index contributed by atoms with van der Waals surface area (Å²) in [5.41, 5.74) is 2.55. The number of carbonyl (C=O) groups excluding carboxylic acids is 1. The maximum Gasteiger partial charge on any atom is 0.233 e. The third-order valence-electron chi connectivity index (χ3n) is 4.39. The summed E-state index contributed by atoms with van der Waals surface area (Å²) in [5, 5.41) is 3.74. The van der Waals surface area contributed by atoms with Crippen LogP contribution in [-0.4, -0.2) is 11.2 Å². The number of thioether (sulfide) groups is 1. The first-order valence-electron chi connectivity index (χ1n) is 9.03. The number of rotatable bonds is 6. The highest BCUT2D eigenvalue weighted by Crippen LogP contribution is 2.28. The Labute approximate surface area is 166 Å². The van der Waals surface area contributed by atoms with Crippen LogP contribution in [-0.2, 0) is 10.2 Å². The molecule has 0 bridgehead atoms. The van der Waals surface area contributed by atoms with Gasteiger partial charge in [-0.1, -0.05) is 63.6 Å². The summed E-state index contributed by atoms with van der Waals surface area (Å²) in [6.07, 6.45) is 0.773. The van der Waals surface area contributed by atoms with E-state index >= 15 is 0 Å². The molecule has 2 atom stereocenters. The van der Waals surface area contributed by atoms with E-state index in [4.69, 9.17) is 11.6 Å². The highest BCUT2D eigenvalue weighted by atomic mass is 35.5. The average Bonchev–Trinajstić information content (AvgIpc) is 2.60. The minimum Gasteiger partial charge on any atom is -0.349 e. The van der Waals surface area contributed by atoms with Gasteiger partial charge in [0.2, 0.25) is 5.91 Å². The summed E-state index contributed by atoms with van der Waals surface area (Å²) < 4.78 is 0. The van der Waals surface area contributed by atoms with Crippen LogP contribution in [0.2, 0.25) is 5.02 Å². The number of carbonyl (C=O) groups is 1. The van der Waals surface area contributed by atoms with Crippen molar-refractivity contribution in [3.05, 3.63) is 64.7 Å². The molecule has 0 aromatic heterocycles. The molecule has 2 nitrogen and oxygen atoms in total. The van der Waals surface area contributed by atoms with Crippen LogP contribution in [0.3, 0.4) is 0 Å². The van der Waals surface area contributed by atoms with Crippen molar-refractivity contribution in [1.82, 2.24) is 5.32 Å². The topological polar surface area (TPSA) is 29.1 Å². The number of hydrogen-bond donors (Lipinski definition) is 1. The van der Waals surface area contributed by atoms with Crippen LogP contribution < -0.4 is 5.32 Å². The van der Waals surface area contributed by atoms with Crippen molar-refractivity contribution in [2.24, 2.45) is 0 Å². The van der Waals surface area contributed by atoms with Gasteiger partial charge in [0.25, 0.3) is 0 Å². The first-order chi connectivity index (χ1) is 12.2. The molecule has 0 saturated carbocycles. The standard InChI is InChI=1S/C22H28ClNOS/c1-6-20(26-19-13-11-18(23)12-14-19)21(25)24-15(2)16-7-9-17(10-8-16)22(3,4)5/h7-15,20H,6H2,1-5H3,(H,24,25)/t15-,20+/m1/s1. The van der Waals surface area contributed by atoms with Crippen molar-refractivity contribution in [3.63, 3.8) is 0 Å². The lowest BCUT2D eigenvalue weighted by Gasteiger charge is -2.22. The van der Waals surface area contributed by atoms with Crippen LogP contribution in [0.25, 0.3) is 0 Å². The van der Waals surface area contributed by atoms with Crippen molar-refractivity contribution in [2.45, 2.75) is 62.6 Å². The Kier molecular flexibility index (Phi) is 7.19. The van der Waals surface area contributed by atoms with Crippen LogP contribution in [0.1, 0.15) is 58.2 Å². The lowest BCUT2D eigenvalue weighted by molar-refractivity contribution is -0.121. The van der Waals surface area contributed by atoms with Crippen molar-refractivity contribution < 1.29 is 4.79 Å². The van der Waals surface area contributed by atoms with Gasteiger partial charge in [-0.3, -0.25) is 4.79 Å². The van der Waals surface area contributed by atoms with E-state index in [0.717, 1.165) is 16.9 Å². The largest absolute Gasteiger partial charge is 0.349 e. The Morgan fingerprint density at radius 1 is 1.08 bits per heavy atom. The molecule has 26 heavy (non-hydrogen) atoms. The Hall–Kier alpha value is -1.45. The van der Waals surface area contributed by atoms with Crippen LogP contribution in [0.5, 0.6) is 0 Å². The Balaban J connectivity index is 2.00. The smallest absolute Gasteiger partial charge is 0.233 e. The molecule has 1 N–H and O–H groups in total. The van der Waals surface area contributed by atoms with Crippen LogP contribution in [0, 0.1) is 0 Å². The molecule has 0 aliphatic rings. The molecule has 0 heterocycles. The van der Waals surface area contributed by atoms with Gasteiger partial charge in [-0.2, -0.15) is 0 Å². The zero-order chi connectivity index (χ0) is 19.3. The predicted molar refractivity (Wildman–Crippen MR) is 113 cm³/mol. The van der Waals surface area contributed by atoms with Crippen molar-refractivity contribution in [2.75, 3.05) is 0 Å². The van der Waals surface area contributed by atoms with Crippen molar-refractivity contribution in [3.8, 4) is 0 Å². The third-order valence-corrected chi connectivity index (χ3v) is 6.02. The molecule has 0 spiro atoms. The van der Waals surface area contributed by atoms with Crippen LogP contribution in [0.15, 0.2) is 53.4 Å². The van der Waals surface area contributed by atoms with Gasteiger partial charge in [-0.05, 0) is 54.2 Å². The van der Waals surface area contributed by atoms with E-state index in [9.17, 15) is 4.79 Å². The highest BCUT2D eigenvalue weighted by Gasteiger charge is 2.20. The summed E-state index contributed by atoms with van der Waals surface area (Å²) in [5.74, 6) is 0.0693. The average molecular weight is 390 g/mol. The fourth-order valence-electron chi connectivity index (χ4n) is 2.66. The molecule has 1 amide bonds. The summed E-state index contributed by atoms with van der Waals surface area (Å²) in [4.78, 5) is 13.8. The highest BCUT2D eigenvalue weighted by molar-refractivity contribution is 8.00. The molecule has 0 aliphatic carbocycles. The van der Waals surface area contributed by atoms with Gasteiger partial charge in [0.05, 0.1) is 11.3 Å². The molecule has 2 aromatic rings. The normalized spacial score (nSPS) is 13.9. The number of hydrogen-bond acceptors (Lipinski definition) is 2. The van der Waals surface area contributed by atoms with Crippen LogP contribution in [0.4, 0.5) is 0 Å². The first-order valence-corrected chi connectivity index (χ1v) is 10.3. The second-order valence-electron chi connectivity index (χ2n) is 7.57. The van der Waals surface area contributed by atoms with Crippen molar-refractivity contribution in [1.29, 1.82) is 0 Å². The van der Waals surface area contributed by atoms with Gasteiger partial charge in [0.15, 0.2) is 0 Å². The minimum atomic E-state index is -0.118. The third kappa shape index (κ3) is 5.78. The fraction of sp³-hybridized carbons (Fsp3) is 0.409. The number of nitrogens with one attached hydrogen (secondary N) is 1. The Morgan fingerprint density at radius 3 is 2.15 bits per heavy atom. The zero-order valence-electron chi connectivity index (χ0n) is 16.2. The summed E-state index contributed by atoms with van der Waals surface area (Å²) in [6.45, 7) is 10.7. The molecule has 2 aromatic carbocycles. The Bertz CT molecular complexity index is 719. The van der Waals surface area contributed by atoms with E-state index in [1.54, 1.807) is 11.8 Å². The van der Waals surface area contributed by atoms with E-state index in [1.165, 1.54) is 5.56 Å². The quantitative estimate of drug-likeness (QED) is 0.580. The number of benzene rings is 2. The maximum atomic E-state index is 12.7. The number of halogens is 1. The molecule has 0 saturated heterocycles. The second kappa shape index (κ2) is 8.96. The molecule has 4 heteroatoms. The summed E-state index contributed by atoms with van der Waals surface area (Å²) >= 11 is 7.51. The molecule has 140 valence electrons. The van der Waals surface area contributed by atoms with E-state index in [-0.39, 0.29) is 22.6 Å². The molecular formula is C22H28ClNOS. The lowest BCUT2D eigenvalue weighted by atomic mass is 9.86. The molecule has 0 fully saturated rings. The van der Waals surface area contributed by atoms with E-state index in [0.29, 0.717) is 5.02 Å². The predicted octanol–water partition coefficient (Wildman–Crippen LogP) is 6.39. The van der Waals surface area contributed by atoms with Crippen LogP contribution >= 0.6 is 23.4 Å². The summed E-state index contributed by atoms with van der Waals surface area (Å²) in [6, 6.07) is 16.1. The summed E-state index contributed by atoms with van der Waals surface area (Å²) in [7, 11) is 0. The molecule has 0 unspecified atom stereocenters.